The highest BCUT2D eigenvalue weighted by atomic mass is 32.2. The highest BCUT2D eigenvalue weighted by molar-refractivity contribution is 8.00. The van der Waals surface area contributed by atoms with Crippen molar-refractivity contribution in [3.63, 3.8) is 0 Å². The standard InChI is InChI=1S/C13H26N2O3S/c1-9(2)6-10(12(17)18-5)15-11(16)7-19-8-13(3,4)14/h9-10H,6-8,14H2,1-5H3,(H,15,16). The molecule has 112 valence electrons. The number of carbonyl (C=O) groups is 2. The van der Waals surface area contributed by atoms with Crippen molar-refractivity contribution in [2.24, 2.45) is 11.7 Å². The Morgan fingerprint density at radius 1 is 1.37 bits per heavy atom. The molecule has 0 radical (unpaired) electrons. The monoisotopic (exact) mass is 290 g/mol. The molecule has 5 nitrogen and oxygen atoms in total. The van der Waals surface area contributed by atoms with Crippen LogP contribution in [-0.4, -0.2) is 42.1 Å². The number of nitrogens with two attached hydrogens (primary N) is 1. The van der Waals surface area contributed by atoms with Crippen LogP contribution in [0.25, 0.3) is 0 Å². The summed E-state index contributed by atoms with van der Waals surface area (Å²) < 4.78 is 4.69. The average Bonchev–Trinajstić information content (AvgIpc) is 2.24. The molecule has 0 aliphatic heterocycles. The van der Waals surface area contributed by atoms with Crippen LogP contribution in [-0.2, 0) is 14.3 Å². The molecule has 0 aromatic heterocycles. The van der Waals surface area contributed by atoms with Gasteiger partial charge in [0.2, 0.25) is 5.91 Å². The molecule has 0 aliphatic rings. The Morgan fingerprint density at radius 2 is 1.95 bits per heavy atom. The van der Waals surface area contributed by atoms with Crippen LogP contribution in [0.4, 0.5) is 0 Å². The van der Waals surface area contributed by atoms with Gasteiger partial charge in [-0.3, -0.25) is 4.79 Å². The molecule has 0 heterocycles. The zero-order valence-corrected chi connectivity index (χ0v) is 13.3. The Balaban J connectivity index is 4.20. The molecule has 6 heteroatoms. The molecular formula is C13H26N2O3S. The molecular weight excluding hydrogens is 264 g/mol. The van der Waals surface area contributed by atoms with Crippen LogP contribution in [0.3, 0.4) is 0 Å². The maximum absolute atomic E-state index is 11.8. The zero-order valence-electron chi connectivity index (χ0n) is 12.5. The number of nitrogens with one attached hydrogen (secondary N) is 1. The SMILES string of the molecule is COC(=O)C(CC(C)C)NC(=O)CSCC(C)(C)N. The van der Waals surface area contributed by atoms with Gasteiger partial charge in [-0.25, -0.2) is 4.79 Å². The van der Waals surface area contributed by atoms with Crippen molar-refractivity contribution < 1.29 is 14.3 Å². The van der Waals surface area contributed by atoms with Crippen molar-refractivity contribution in [2.45, 2.75) is 45.7 Å². The lowest BCUT2D eigenvalue weighted by atomic mass is 10.0. The largest absolute Gasteiger partial charge is 0.467 e. The number of ether oxygens (including phenoxy) is 1. The third kappa shape index (κ3) is 9.78. The average molecular weight is 290 g/mol. The minimum atomic E-state index is -0.566. The maximum Gasteiger partial charge on any atom is 0.328 e. The summed E-state index contributed by atoms with van der Waals surface area (Å²) in [6.07, 6.45) is 0.575. The van der Waals surface area contributed by atoms with E-state index < -0.39 is 12.0 Å². The summed E-state index contributed by atoms with van der Waals surface area (Å²) in [6, 6.07) is -0.566. The van der Waals surface area contributed by atoms with E-state index in [1.165, 1.54) is 18.9 Å². The van der Waals surface area contributed by atoms with Gasteiger partial charge in [0, 0.05) is 11.3 Å². The lowest BCUT2D eigenvalue weighted by Gasteiger charge is -2.20. The second kappa shape index (κ2) is 8.43. The van der Waals surface area contributed by atoms with E-state index in [0.717, 1.165) is 0 Å². The van der Waals surface area contributed by atoms with Crippen molar-refractivity contribution in [1.82, 2.24) is 5.32 Å². The van der Waals surface area contributed by atoms with Gasteiger partial charge in [0.1, 0.15) is 6.04 Å². The van der Waals surface area contributed by atoms with Gasteiger partial charge < -0.3 is 15.8 Å². The summed E-state index contributed by atoms with van der Waals surface area (Å²) in [5.41, 5.74) is 5.53. The molecule has 1 amide bonds. The van der Waals surface area contributed by atoms with Crippen LogP contribution in [0.1, 0.15) is 34.1 Å². The normalized spacial score (nSPS) is 13.2. The van der Waals surface area contributed by atoms with E-state index in [-0.39, 0.29) is 11.4 Å². The van der Waals surface area contributed by atoms with E-state index in [4.69, 9.17) is 10.5 Å². The first-order valence-corrected chi connectivity index (χ1v) is 7.55. The summed E-state index contributed by atoms with van der Waals surface area (Å²) >= 11 is 1.46. The van der Waals surface area contributed by atoms with Gasteiger partial charge in [0.05, 0.1) is 12.9 Å². The molecule has 0 saturated heterocycles. The van der Waals surface area contributed by atoms with E-state index in [1.54, 1.807) is 0 Å². The highest BCUT2D eigenvalue weighted by Gasteiger charge is 2.22. The molecule has 1 unspecified atom stereocenters. The molecule has 0 aromatic carbocycles. The van der Waals surface area contributed by atoms with Crippen molar-refractivity contribution in [3.8, 4) is 0 Å². The summed E-state index contributed by atoms with van der Waals surface area (Å²) in [5, 5.41) is 2.71. The van der Waals surface area contributed by atoms with Crippen molar-refractivity contribution in [3.05, 3.63) is 0 Å². The number of esters is 1. The van der Waals surface area contributed by atoms with Gasteiger partial charge in [-0.15, -0.1) is 0 Å². The minimum absolute atomic E-state index is 0.162. The Labute approximate surface area is 120 Å². The molecule has 0 saturated carbocycles. The van der Waals surface area contributed by atoms with Crippen molar-refractivity contribution in [2.75, 3.05) is 18.6 Å². The molecule has 0 bridgehead atoms. The van der Waals surface area contributed by atoms with E-state index in [0.29, 0.717) is 23.8 Å². The summed E-state index contributed by atoms with van der Waals surface area (Å²) in [4.78, 5) is 23.3. The Bertz CT molecular complexity index is 301. The van der Waals surface area contributed by atoms with Crippen LogP contribution >= 0.6 is 11.8 Å². The number of hydrogen-bond acceptors (Lipinski definition) is 5. The third-order valence-electron chi connectivity index (χ3n) is 2.24. The molecule has 0 fully saturated rings. The van der Waals surface area contributed by atoms with Crippen LogP contribution in [0, 0.1) is 5.92 Å². The van der Waals surface area contributed by atoms with Crippen LogP contribution in [0.2, 0.25) is 0 Å². The third-order valence-corrected chi connectivity index (χ3v) is 3.65. The molecule has 0 rings (SSSR count). The summed E-state index contributed by atoms with van der Waals surface area (Å²) in [7, 11) is 1.33. The quantitative estimate of drug-likeness (QED) is 0.656. The second-order valence-electron chi connectivity index (χ2n) is 5.75. The van der Waals surface area contributed by atoms with E-state index in [2.05, 4.69) is 5.32 Å². The summed E-state index contributed by atoms with van der Waals surface area (Å²) in [5.74, 6) is 0.733. The fourth-order valence-electron chi connectivity index (χ4n) is 1.47. The first-order chi connectivity index (χ1) is 8.65. The molecule has 3 N–H and O–H groups in total. The lowest BCUT2D eigenvalue weighted by molar-refractivity contribution is -0.145. The number of carbonyl (C=O) groups excluding carboxylic acids is 2. The van der Waals surface area contributed by atoms with Crippen LogP contribution < -0.4 is 11.1 Å². The predicted octanol–water partition coefficient (Wildman–Crippen LogP) is 1.16. The zero-order chi connectivity index (χ0) is 15.1. The Hall–Kier alpha value is -0.750. The highest BCUT2D eigenvalue weighted by Crippen LogP contribution is 2.10. The molecule has 0 aliphatic carbocycles. The second-order valence-corrected chi connectivity index (χ2v) is 6.74. The van der Waals surface area contributed by atoms with Gasteiger partial charge in [-0.2, -0.15) is 11.8 Å². The first-order valence-electron chi connectivity index (χ1n) is 6.39. The van der Waals surface area contributed by atoms with Gasteiger partial charge in [0.25, 0.3) is 0 Å². The Kier molecular flexibility index (Phi) is 8.09. The summed E-state index contributed by atoms with van der Waals surface area (Å²) in [6.45, 7) is 7.81. The number of amides is 1. The van der Waals surface area contributed by atoms with Gasteiger partial charge in [-0.1, -0.05) is 13.8 Å². The first kappa shape index (κ1) is 18.2. The van der Waals surface area contributed by atoms with Crippen LogP contribution in [0.15, 0.2) is 0 Å². The minimum Gasteiger partial charge on any atom is -0.467 e. The number of hydrogen-bond donors (Lipinski definition) is 2. The van der Waals surface area contributed by atoms with Gasteiger partial charge in [-0.05, 0) is 26.2 Å². The molecule has 0 aromatic rings. The van der Waals surface area contributed by atoms with Crippen molar-refractivity contribution >= 4 is 23.6 Å². The number of thioether (sulfide) groups is 1. The van der Waals surface area contributed by atoms with Crippen LogP contribution in [0.5, 0.6) is 0 Å². The van der Waals surface area contributed by atoms with E-state index in [1.807, 2.05) is 27.7 Å². The van der Waals surface area contributed by atoms with E-state index >= 15 is 0 Å². The molecule has 1 atom stereocenters. The smallest absolute Gasteiger partial charge is 0.328 e. The maximum atomic E-state index is 11.8. The fourth-order valence-corrected chi connectivity index (χ4v) is 2.37. The molecule has 0 spiro atoms. The van der Waals surface area contributed by atoms with E-state index in [9.17, 15) is 9.59 Å². The van der Waals surface area contributed by atoms with Crippen molar-refractivity contribution in [1.29, 1.82) is 0 Å². The number of methoxy groups -OCH3 is 1. The lowest BCUT2D eigenvalue weighted by Crippen LogP contribution is -2.43. The van der Waals surface area contributed by atoms with Gasteiger partial charge in [0.15, 0.2) is 0 Å². The van der Waals surface area contributed by atoms with Gasteiger partial charge >= 0.3 is 5.97 Å². The Morgan fingerprint density at radius 3 is 2.37 bits per heavy atom. The number of rotatable bonds is 8. The topological polar surface area (TPSA) is 81.4 Å². The fraction of sp³-hybridized carbons (Fsp3) is 0.846. The molecule has 19 heavy (non-hydrogen) atoms. The predicted molar refractivity (Wildman–Crippen MR) is 79.0 cm³/mol.